The molecular weight excluding hydrogens is 316 g/mol. The molecular formula is C19H30N4O2. The molecule has 0 aliphatic carbocycles. The molecule has 6 heteroatoms. The lowest BCUT2D eigenvalue weighted by atomic mass is 10.1. The van der Waals surface area contributed by atoms with Crippen molar-refractivity contribution in [1.82, 2.24) is 15.1 Å². The molecule has 1 heterocycles. The van der Waals surface area contributed by atoms with Crippen molar-refractivity contribution in [3.8, 4) is 0 Å². The van der Waals surface area contributed by atoms with E-state index in [0.29, 0.717) is 12.3 Å². The topological polar surface area (TPSA) is 64.7 Å². The summed E-state index contributed by atoms with van der Waals surface area (Å²) in [5, 5.41) is 5.86. The number of hydrogen-bond acceptors (Lipinski definition) is 3. The van der Waals surface area contributed by atoms with E-state index >= 15 is 0 Å². The van der Waals surface area contributed by atoms with E-state index in [4.69, 9.17) is 0 Å². The fourth-order valence-electron chi connectivity index (χ4n) is 3.13. The Morgan fingerprint density at radius 1 is 1.32 bits per heavy atom. The Labute approximate surface area is 150 Å². The lowest BCUT2D eigenvalue weighted by Gasteiger charge is -2.24. The highest BCUT2D eigenvalue weighted by Crippen LogP contribution is 2.18. The summed E-state index contributed by atoms with van der Waals surface area (Å²) in [6, 6.07) is 7.46. The summed E-state index contributed by atoms with van der Waals surface area (Å²) in [4.78, 5) is 27.9. The monoisotopic (exact) mass is 346 g/mol. The number of urea groups is 1. The van der Waals surface area contributed by atoms with Crippen LogP contribution in [0.5, 0.6) is 0 Å². The zero-order chi connectivity index (χ0) is 18.4. The van der Waals surface area contributed by atoms with Gasteiger partial charge in [-0.25, -0.2) is 4.79 Å². The zero-order valence-corrected chi connectivity index (χ0v) is 15.7. The second-order valence-electron chi connectivity index (χ2n) is 6.99. The van der Waals surface area contributed by atoms with Gasteiger partial charge in [0.1, 0.15) is 0 Å². The van der Waals surface area contributed by atoms with Gasteiger partial charge in [-0.3, -0.25) is 4.79 Å². The molecule has 0 bridgehead atoms. The summed E-state index contributed by atoms with van der Waals surface area (Å²) in [6.45, 7) is 6.73. The average molecular weight is 346 g/mol. The van der Waals surface area contributed by atoms with Gasteiger partial charge in [-0.2, -0.15) is 0 Å². The summed E-state index contributed by atoms with van der Waals surface area (Å²) in [5.74, 6) is 0.547. The average Bonchev–Trinajstić information content (AvgIpc) is 3.00. The Balaban J connectivity index is 1.84. The Morgan fingerprint density at radius 2 is 2.00 bits per heavy atom. The van der Waals surface area contributed by atoms with Gasteiger partial charge < -0.3 is 20.4 Å². The first kappa shape index (κ1) is 19.2. The van der Waals surface area contributed by atoms with Gasteiger partial charge in [-0.15, -0.1) is 0 Å². The lowest BCUT2D eigenvalue weighted by molar-refractivity contribution is -0.115. The van der Waals surface area contributed by atoms with Gasteiger partial charge in [0.05, 0.1) is 6.04 Å². The minimum atomic E-state index is -0.0860. The maximum Gasteiger partial charge on any atom is 0.317 e. The summed E-state index contributed by atoms with van der Waals surface area (Å²) in [6.07, 6.45) is 1.60. The predicted octanol–water partition coefficient (Wildman–Crippen LogP) is 2.69. The van der Waals surface area contributed by atoms with Gasteiger partial charge in [-0.1, -0.05) is 19.1 Å². The van der Waals surface area contributed by atoms with Gasteiger partial charge in [-0.05, 0) is 50.6 Å². The maximum absolute atomic E-state index is 12.4. The summed E-state index contributed by atoms with van der Waals surface area (Å²) in [7, 11) is 3.97. The molecule has 0 radical (unpaired) electrons. The molecule has 2 atom stereocenters. The van der Waals surface area contributed by atoms with Crippen LogP contribution in [-0.4, -0.2) is 55.5 Å². The normalized spacial score (nSPS) is 18.6. The van der Waals surface area contributed by atoms with Crippen LogP contribution in [0.15, 0.2) is 24.3 Å². The van der Waals surface area contributed by atoms with Crippen LogP contribution >= 0.6 is 0 Å². The van der Waals surface area contributed by atoms with E-state index in [-0.39, 0.29) is 18.0 Å². The SMILES string of the molecule is CCC(=O)Nc1ccc([C@H](C)NC(=O)N(C)C[C@@H]2CCN(C)C2)cc1. The molecule has 0 saturated carbocycles. The van der Waals surface area contributed by atoms with Crippen LogP contribution in [-0.2, 0) is 4.79 Å². The van der Waals surface area contributed by atoms with E-state index in [9.17, 15) is 9.59 Å². The Hall–Kier alpha value is -2.08. The molecule has 2 rings (SSSR count). The second-order valence-corrected chi connectivity index (χ2v) is 6.99. The van der Waals surface area contributed by atoms with Crippen molar-refractivity contribution in [2.24, 2.45) is 5.92 Å². The van der Waals surface area contributed by atoms with Gasteiger partial charge in [0, 0.05) is 32.2 Å². The zero-order valence-electron chi connectivity index (χ0n) is 15.7. The van der Waals surface area contributed by atoms with E-state index in [1.807, 2.05) is 45.2 Å². The summed E-state index contributed by atoms with van der Waals surface area (Å²) >= 11 is 0. The molecule has 0 aromatic heterocycles. The first-order valence-corrected chi connectivity index (χ1v) is 8.99. The minimum absolute atomic E-state index is 0.00622. The van der Waals surface area contributed by atoms with Crippen LogP contribution in [0.1, 0.15) is 38.3 Å². The number of nitrogens with one attached hydrogen (secondary N) is 2. The van der Waals surface area contributed by atoms with E-state index < -0.39 is 0 Å². The number of rotatable bonds is 6. The molecule has 1 saturated heterocycles. The number of amides is 3. The Morgan fingerprint density at radius 3 is 2.56 bits per heavy atom. The van der Waals surface area contributed by atoms with Crippen LogP contribution in [0.25, 0.3) is 0 Å². The van der Waals surface area contributed by atoms with Crippen molar-refractivity contribution in [2.75, 3.05) is 39.0 Å². The third-order valence-electron chi connectivity index (χ3n) is 4.72. The van der Waals surface area contributed by atoms with E-state index in [1.54, 1.807) is 4.90 Å². The first-order chi connectivity index (χ1) is 11.9. The van der Waals surface area contributed by atoms with Crippen molar-refractivity contribution in [2.45, 2.75) is 32.7 Å². The molecule has 1 aromatic carbocycles. The Bertz CT molecular complexity index is 588. The maximum atomic E-state index is 12.4. The van der Waals surface area contributed by atoms with Crippen molar-refractivity contribution < 1.29 is 9.59 Å². The number of benzene rings is 1. The highest BCUT2D eigenvalue weighted by Gasteiger charge is 2.23. The molecule has 25 heavy (non-hydrogen) atoms. The fraction of sp³-hybridized carbons (Fsp3) is 0.579. The second kappa shape index (κ2) is 8.85. The first-order valence-electron chi connectivity index (χ1n) is 8.99. The third kappa shape index (κ3) is 5.74. The number of carbonyl (C=O) groups is 2. The van der Waals surface area contributed by atoms with Crippen LogP contribution in [0.2, 0.25) is 0 Å². The number of carbonyl (C=O) groups excluding carboxylic acids is 2. The van der Waals surface area contributed by atoms with Crippen LogP contribution < -0.4 is 10.6 Å². The Kier molecular flexibility index (Phi) is 6.82. The smallest absolute Gasteiger partial charge is 0.317 e. The van der Waals surface area contributed by atoms with Crippen LogP contribution in [0.4, 0.5) is 10.5 Å². The van der Waals surface area contributed by atoms with E-state index in [1.165, 1.54) is 0 Å². The molecule has 1 aliphatic heterocycles. The number of hydrogen-bond donors (Lipinski definition) is 2. The molecule has 6 nitrogen and oxygen atoms in total. The molecule has 2 N–H and O–H groups in total. The van der Waals surface area contributed by atoms with E-state index in [0.717, 1.165) is 37.3 Å². The van der Waals surface area contributed by atoms with Gasteiger partial charge in [0.2, 0.25) is 5.91 Å². The fourth-order valence-corrected chi connectivity index (χ4v) is 3.13. The van der Waals surface area contributed by atoms with Gasteiger partial charge in [0.15, 0.2) is 0 Å². The molecule has 1 fully saturated rings. The van der Waals surface area contributed by atoms with Gasteiger partial charge >= 0.3 is 6.03 Å². The largest absolute Gasteiger partial charge is 0.331 e. The minimum Gasteiger partial charge on any atom is -0.331 e. The predicted molar refractivity (Wildman–Crippen MR) is 101 cm³/mol. The molecule has 3 amide bonds. The molecule has 0 unspecified atom stereocenters. The van der Waals surface area contributed by atoms with Crippen molar-refractivity contribution in [1.29, 1.82) is 0 Å². The quantitative estimate of drug-likeness (QED) is 0.832. The number of likely N-dealkylation sites (tertiary alicyclic amines) is 1. The number of anilines is 1. The molecule has 1 aliphatic rings. The standard InChI is InChI=1S/C19H30N4O2/c1-5-18(24)21-17-8-6-16(7-9-17)14(2)20-19(25)23(4)13-15-10-11-22(3)12-15/h6-9,14-15H,5,10-13H2,1-4H3,(H,20,25)(H,21,24)/t14-,15+/m0/s1. The van der Waals surface area contributed by atoms with Gasteiger partial charge in [0.25, 0.3) is 0 Å². The van der Waals surface area contributed by atoms with Crippen LogP contribution in [0, 0.1) is 5.92 Å². The number of nitrogens with zero attached hydrogens (tertiary/aromatic N) is 2. The summed E-state index contributed by atoms with van der Waals surface area (Å²) in [5.41, 5.74) is 1.79. The van der Waals surface area contributed by atoms with Crippen molar-refractivity contribution in [3.63, 3.8) is 0 Å². The molecule has 138 valence electrons. The highest BCUT2D eigenvalue weighted by molar-refractivity contribution is 5.90. The van der Waals surface area contributed by atoms with Crippen LogP contribution in [0.3, 0.4) is 0 Å². The third-order valence-corrected chi connectivity index (χ3v) is 4.72. The van der Waals surface area contributed by atoms with Crippen molar-refractivity contribution in [3.05, 3.63) is 29.8 Å². The molecule has 0 spiro atoms. The lowest BCUT2D eigenvalue weighted by Crippen LogP contribution is -2.41. The van der Waals surface area contributed by atoms with E-state index in [2.05, 4.69) is 22.6 Å². The highest BCUT2D eigenvalue weighted by atomic mass is 16.2. The molecule has 1 aromatic rings. The summed E-state index contributed by atoms with van der Waals surface area (Å²) < 4.78 is 0. The van der Waals surface area contributed by atoms with Crippen molar-refractivity contribution >= 4 is 17.6 Å².